The van der Waals surface area contributed by atoms with Crippen LogP contribution in [0.1, 0.15) is 42.3 Å². The van der Waals surface area contributed by atoms with E-state index in [0.717, 1.165) is 30.1 Å². The molecule has 3 rings (SSSR count). The van der Waals surface area contributed by atoms with Crippen molar-refractivity contribution in [2.45, 2.75) is 38.2 Å². The number of ether oxygens (including phenoxy) is 1. The van der Waals surface area contributed by atoms with Gasteiger partial charge in [-0.3, -0.25) is 0 Å². The zero-order valence-electron chi connectivity index (χ0n) is 8.50. The van der Waals surface area contributed by atoms with Gasteiger partial charge in [-0.25, -0.2) is 9.97 Å². The number of nitrogens with zero attached hydrogens (tertiary/aromatic N) is 2. The second kappa shape index (κ2) is 3.72. The van der Waals surface area contributed by atoms with Crippen molar-refractivity contribution in [2.24, 2.45) is 0 Å². The highest BCUT2D eigenvalue weighted by Crippen LogP contribution is 2.36. The van der Waals surface area contributed by atoms with Crippen LogP contribution in [0.2, 0.25) is 5.15 Å². The topological polar surface area (TPSA) is 35.0 Å². The zero-order chi connectivity index (χ0) is 10.3. The van der Waals surface area contributed by atoms with E-state index in [1.54, 1.807) is 0 Å². The number of hydrogen-bond acceptors (Lipinski definition) is 3. The van der Waals surface area contributed by atoms with Gasteiger partial charge in [0, 0.05) is 17.9 Å². The Morgan fingerprint density at radius 3 is 2.87 bits per heavy atom. The molecule has 0 bridgehead atoms. The molecular weight excluding hydrogens is 212 g/mol. The summed E-state index contributed by atoms with van der Waals surface area (Å²) in [4.78, 5) is 9.00. The van der Waals surface area contributed by atoms with Gasteiger partial charge in [0.05, 0.1) is 18.9 Å². The Hall–Kier alpha value is -0.670. The lowest BCUT2D eigenvalue weighted by Crippen LogP contribution is -2.19. The lowest BCUT2D eigenvalue weighted by atomic mass is 9.84. The molecule has 1 aromatic rings. The Morgan fingerprint density at radius 1 is 1.27 bits per heavy atom. The second-order valence-corrected chi connectivity index (χ2v) is 4.59. The molecule has 2 aliphatic rings. The van der Waals surface area contributed by atoms with Gasteiger partial charge in [0.25, 0.3) is 0 Å². The SMILES string of the molecule is Clc1nc(C2CCC2)nc2c1COCC2. The summed E-state index contributed by atoms with van der Waals surface area (Å²) in [5, 5.41) is 0.599. The third-order valence-electron chi connectivity index (χ3n) is 3.26. The van der Waals surface area contributed by atoms with Crippen molar-refractivity contribution < 1.29 is 4.74 Å². The van der Waals surface area contributed by atoms with Crippen LogP contribution in [0, 0.1) is 0 Å². The molecule has 3 nitrogen and oxygen atoms in total. The molecule has 0 atom stereocenters. The van der Waals surface area contributed by atoms with E-state index in [1.807, 2.05) is 0 Å². The monoisotopic (exact) mass is 224 g/mol. The maximum atomic E-state index is 6.14. The molecule has 4 heteroatoms. The molecule has 15 heavy (non-hydrogen) atoms. The van der Waals surface area contributed by atoms with Crippen LogP contribution >= 0.6 is 11.6 Å². The van der Waals surface area contributed by atoms with Gasteiger partial charge in [0.2, 0.25) is 0 Å². The molecule has 2 heterocycles. The first-order valence-electron chi connectivity index (χ1n) is 5.47. The predicted molar refractivity (Wildman–Crippen MR) is 57.0 cm³/mol. The number of fused-ring (bicyclic) bond motifs is 1. The molecule has 1 saturated carbocycles. The van der Waals surface area contributed by atoms with E-state index < -0.39 is 0 Å². The van der Waals surface area contributed by atoms with Crippen molar-refractivity contribution in [3.63, 3.8) is 0 Å². The van der Waals surface area contributed by atoms with Crippen LogP contribution in [0.5, 0.6) is 0 Å². The van der Waals surface area contributed by atoms with Crippen LogP contribution in [-0.2, 0) is 17.8 Å². The van der Waals surface area contributed by atoms with E-state index in [9.17, 15) is 0 Å². The van der Waals surface area contributed by atoms with Crippen LogP contribution in [0.15, 0.2) is 0 Å². The summed E-state index contributed by atoms with van der Waals surface area (Å²) in [7, 11) is 0. The fraction of sp³-hybridized carbons (Fsp3) is 0.636. The molecule has 0 unspecified atom stereocenters. The smallest absolute Gasteiger partial charge is 0.138 e. The third kappa shape index (κ3) is 1.64. The van der Waals surface area contributed by atoms with Crippen LogP contribution in [0.25, 0.3) is 0 Å². The molecule has 1 aromatic heterocycles. The fourth-order valence-electron chi connectivity index (χ4n) is 2.06. The normalized spacial score (nSPS) is 20.9. The van der Waals surface area contributed by atoms with Gasteiger partial charge in [0.15, 0.2) is 0 Å². The van der Waals surface area contributed by atoms with E-state index in [1.165, 1.54) is 19.3 Å². The largest absolute Gasteiger partial charge is 0.376 e. The molecule has 1 aliphatic carbocycles. The molecule has 0 amide bonds. The molecule has 0 aromatic carbocycles. The lowest BCUT2D eigenvalue weighted by molar-refractivity contribution is 0.108. The highest BCUT2D eigenvalue weighted by atomic mass is 35.5. The average molecular weight is 225 g/mol. The van der Waals surface area contributed by atoms with Crippen molar-refractivity contribution in [1.82, 2.24) is 9.97 Å². The Kier molecular flexibility index (Phi) is 2.37. The van der Waals surface area contributed by atoms with Gasteiger partial charge >= 0.3 is 0 Å². The summed E-state index contributed by atoms with van der Waals surface area (Å²) in [5.74, 6) is 1.50. The quantitative estimate of drug-likeness (QED) is 0.688. The van der Waals surface area contributed by atoms with Crippen LogP contribution in [0.3, 0.4) is 0 Å². The van der Waals surface area contributed by atoms with Gasteiger partial charge in [-0.05, 0) is 12.8 Å². The van der Waals surface area contributed by atoms with Gasteiger partial charge < -0.3 is 4.74 Å². The number of halogens is 1. The molecule has 0 N–H and O–H groups in total. The summed E-state index contributed by atoms with van der Waals surface area (Å²) < 4.78 is 5.35. The molecule has 1 aliphatic heterocycles. The Bertz CT molecular complexity index is 390. The third-order valence-corrected chi connectivity index (χ3v) is 3.57. The number of rotatable bonds is 1. The van der Waals surface area contributed by atoms with Gasteiger partial charge in [-0.2, -0.15) is 0 Å². The van der Waals surface area contributed by atoms with E-state index in [4.69, 9.17) is 16.3 Å². The fourth-order valence-corrected chi connectivity index (χ4v) is 2.31. The molecule has 80 valence electrons. The number of hydrogen-bond donors (Lipinski definition) is 0. The van der Waals surface area contributed by atoms with Crippen molar-refractivity contribution in [3.05, 3.63) is 22.2 Å². The molecule has 0 spiro atoms. The van der Waals surface area contributed by atoms with Gasteiger partial charge in [0.1, 0.15) is 11.0 Å². The van der Waals surface area contributed by atoms with Crippen molar-refractivity contribution in [2.75, 3.05) is 6.61 Å². The van der Waals surface area contributed by atoms with Crippen LogP contribution in [0.4, 0.5) is 0 Å². The van der Waals surface area contributed by atoms with E-state index in [-0.39, 0.29) is 0 Å². The van der Waals surface area contributed by atoms with Crippen molar-refractivity contribution >= 4 is 11.6 Å². The van der Waals surface area contributed by atoms with E-state index in [2.05, 4.69) is 9.97 Å². The Labute approximate surface area is 93.8 Å². The Balaban J connectivity index is 2.00. The number of aromatic nitrogens is 2. The van der Waals surface area contributed by atoms with Gasteiger partial charge in [-0.1, -0.05) is 18.0 Å². The van der Waals surface area contributed by atoms with E-state index in [0.29, 0.717) is 17.7 Å². The average Bonchev–Trinajstić information content (AvgIpc) is 2.15. The second-order valence-electron chi connectivity index (χ2n) is 4.23. The highest BCUT2D eigenvalue weighted by molar-refractivity contribution is 6.30. The first-order chi connectivity index (χ1) is 7.34. The maximum absolute atomic E-state index is 6.14. The van der Waals surface area contributed by atoms with Crippen molar-refractivity contribution in [1.29, 1.82) is 0 Å². The highest BCUT2D eigenvalue weighted by Gasteiger charge is 2.25. The summed E-state index contributed by atoms with van der Waals surface area (Å²) in [6.45, 7) is 1.32. The standard InChI is InChI=1S/C11H13ClN2O/c12-10-8-6-15-5-4-9(8)13-11(14-10)7-2-1-3-7/h7H,1-6H2. The first kappa shape index (κ1) is 9.55. The zero-order valence-corrected chi connectivity index (χ0v) is 9.26. The molecule has 0 radical (unpaired) electrons. The predicted octanol–water partition coefficient (Wildman–Crippen LogP) is 2.47. The summed E-state index contributed by atoms with van der Waals surface area (Å²) >= 11 is 6.14. The molecule has 1 fully saturated rings. The maximum Gasteiger partial charge on any atom is 0.138 e. The molecular formula is C11H13ClN2O. The first-order valence-corrected chi connectivity index (χ1v) is 5.85. The summed E-state index contributed by atoms with van der Waals surface area (Å²) in [6, 6.07) is 0. The minimum Gasteiger partial charge on any atom is -0.376 e. The lowest BCUT2D eigenvalue weighted by Gasteiger charge is -2.25. The summed E-state index contributed by atoms with van der Waals surface area (Å²) in [5.41, 5.74) is 2.09. The Morgan fingerprint density at radius 2 is 2.13 bits per heavy atom. The van der Waals surface area contributed by atoms with Crippen molar-refractivity contribution in [3.8, 4) is 0 Å². The minimum atomic E-state index is 0.552. The minimum absolute atomic E-state index is 0.552. The van der Waals surface area contributed by atoms with E-state index >= 15 is 0 Å². The van der Waals surface area contributed by atoms with Crippen LogP contribution in [-0.4, -0.2) is 16.6 Å². The van der Waals surface area contributed by atoms with Crippen LogP contribution < -0.4 is 0 Å². The molecule has 0 saturated heterocycles. The van der Waals surface area contributed by atoms with Gasteiger partial charge in [-0.15, -0.1) is 0 Å². The summed E-state index contributed by atoms with van der Waals surface area (Å²) in [6.07, 6.45) is 4.60.